The van der Waals surface area contributed by atoms with Crippen LogP contribution in [0.3, 0.4) is 0 Å². The van der Waals surface area contributed by atoms with Crippen molar-refractivity contribution in [2.75, 3.05) is 0 Å². The zero-order valence-corrected chi connectivity index (χ0v) is 28.8. The first-order valence-electron chi connectivity index (χ1n) is 11.7. The number of halogens is 18. The SMILES string of the molecule is O=C(O)C(F)(F)F.O=C(O)C(F)(F)F.O=C([O-])C(F)(F)F.O=C([O-])C(F)(F)F.O=C([O-])C(F)(F)F.O=C([O-])C(F)(F)F.O=C1c2cccnc2-c2ncccc21.[Pd+2].[Pd+2]. The Balaban J connectivity index is -0.000000139. The van der Waals surface area contributed by atoms with Gasteiger partial charge in [0.25, 0.3) is 0 Å². The van der Waals surface area contributed by atoms with Crippen LogP contribution in [-0.4, -0.2) is 98.8 Å². The summed E-state index contributed by atoms with van der Waals surface area (Å²) < 4.78 is 190. The van der Waals surface area contributed by atoms with Crippen LogP contribution < -0.4 is 20.4 Å². The van der Waals surface area contributed by atoms with Crippen molar-refractivity contribution in [1.82, 2.24) is 9.97 Å². The molecule has 35 heteroatoms. The number of ketones is 1. The number of fused-ring (bicyclic) bond motifs is 3. The molecular weight excluding hydrogens is 1070 g/mol. The Kier molecular flexibility index (Phi) is 29.0. The molecule has 0 atom stereocenters. The van der Waals surface area contributed by atoms with Gasteiger partial charge in [0.05, 0.1) is 11.1 Å². The average molecular weight is 1080 g/mol. The first kappa shape index (κ1) is 64.7. The van der Waals surface area contributed by atoms with Gasteiger partial charge in [-0.15, -0.1) is 0 Å². The van der Waals surface area contributed by atoms with Crippen LogP contribution >= 0.6 is 0 Å². The normalized spacial score (nSPS) is 11.2. The zero-order chi connectivity index (χ0) is 46.0. The van der Waals surface area contributed by atoms with E-state index in [1.54, 1.807) is 36.7 Å². The van der Waals surface area contributed by atoms with Gasteiger partial charge in [-0.05, 0) is 24.3 Å². The van der Waals surface area contributed by atoms with Crippen molar-refractivity contribution in [1.29, 1.82) is 0 Å². The first-order valence-corrected chi connectivity index (χ1v) is 11.7. The van der Waals surface area contributed by atoms with Crippen molar-refractivity contribution in [2.24, 2.45) is 0 Å². The predicted octanol–water partition coefficient (Wildman–Crippen LogP) is 0.144. The van der Waals surface area contributed by atoms with Crippen LogP contribution in [0.4, 0.5) is 79.0 Å². The number of rotatable bonds is 0. The van der Waals surface area contributed by atoms with E-state index in [9.17, 15) is 83.8 Å². The largest absolute Gasteiger partial charge is 2.00 e. The van der Waals surface area contributed by atoms with Crippen LogP contribution in [0.25, 0.3) is 11.4 Å². The standard InChI is InChI=1S/C11H6N2O.6C2HF3O2.2Pd/c14-11-7-3-1-5-12-9(7)10-8(11)4-2-6-13-10;6*3-2(4,5)1(6)7;;/h1-6H;6*(H,6,7);;/q;;;;;;;2*+2/p-4. The molecule has 0 fully saturated rings. The molecule has 0 unspecified atom stereocenters. The minimum Gasteiger partial charge on any atom is -0.542 e. The molecule has 0 bridgehead atoms. The minimum atomic E-state index is -5.19. The van der Waals surface area contributed by atoms with Gasteiger partial charge in [-0.3, -0.25) is 14.8 Å². The maximum Gasteiger partial charge on any atom is 2.00 e. The molecule has 0 radical (unpaired) electrons. The summed E-state index contributed by atoms with van der Waals surface area (Å²) in [5.41, 5.74) is 2.71. The third-order valence-corrected chi connectivity index (χ3v) is 3.74. The summed E-state index contributed by atoms with van der Waals surface area (Å²) in [6.07, 6.45) is -27.6. The summed E-state index contributed by atoms with van der Waals surface area (Å²) >= 11 is 0. The molecule has 1 aliphatic rings. The summed E-state index contributed by atoms with van der Waals surface area (Å²) in [5, 5.41) is 49.4. The molecule has 2 heterocycles. The second kappa shape index (κ2) is 26.0. The van der Waals surface area contributed by atoms with Gasteiger partial charge >= 0.3 is 89.8 Å². The van der Waals surface area contributed by atoms with Gasteiger partial charge in [0.2, 0.25) is 0 Å². The van der Waals surface area contributed by atoms with Gasteiger partial charge in [0.1, 0.15) is 35.3 Å². The Morgan fingerprint density at radius 1 is 0.431 bits per heavy atom. The number of aromatic nitrogens is 2. The zero-order valence-electron chi connectivity index (χ0n) is 25.7. The number of hydrogen-bond acceptors (Lipinski definition) is 13. The molecule has 0 aliphatic heterocycles. The summed E-state index contributed by atoms with van der Waals surface area (Å²) in [4.78, 5) is 73.1. The molecule has 15 nitrogen and oxygen atoms in total. The number of aliphatic carboxylic acids is 6. The van der Waals surface area contributed by atoms with Crippen molar-refractivity contribution < 1.29 is 184 Å². The topological polar surface area (TPSA) is 278 Å². The number of nitrogens with zero attached hydrogens (tertiary/aromatic N) is 2. The number of carboxylic acid groups (broad SMARTS) is 6. The van der Waals surface area contributed by atoms with Crippen molar-refractivity contribution in [2.45, 2.75) is 37.1 Å². The van der Waals surface area contributed by atoms with E-state index in [2.05, 4.69) is 9.97 Å². The molecule has 0 spiro atoms. The molecular formula is C23H8F18N2O13Pd2. The molecule has 1 aliphatic carbocycles. The molecule has 3 rings (SSSR count). The molecule has 58 heavy (non-hydrogen) atoms. The van der Waals surface area contributed by atoms with Gasteiger partial charge in [0.15, 0.2) is 5.78 Å². The maximum absolute atomic E-state index is 11.8. The van der Waals surface area contributed by atoms with E-state index in [0.29, 0.717) is 22.5 Å². The number of pyridine rings is 2. The molecule has 2 aromatic rings. The number of hydrogen-bond donors (Lipinski definition) is 2. The summed E-state index contributed by atoms with van der Waals surface area (Å²) in [6.45, 7) is 0. The Morgan fingerprint density at radius 2 is 0.586 bits per heavy atom. The van der Waals surface area contributed by atoms with E-state index < -0.39 is 72.9 Å². The van der Waals surface area contributed by atoms with Crippen LogP contribution in [0.5, 0.6) is 0 Å². The second-order valence-electron chi connectivity index (χ2n) is 7.87. The number of carbonyl (C=O) groups is 7. The number of alkyl halides is 18. The second-order valence-corrected chi connectivity index (χ2v) is 7.87. The van der Waals surface area contributed by atoms with E-state index >= 15 is 0 Å². The Bertz CT molecular complexity index is 1440. The Hall–Kier alpha value is -5.15. The quantitative estimate of drug-likeness (QED) is 0.224. The van der Waals surface area contributed by atoms with Crippen LogP contribution in [0.2, 0.25) is 0 Å². The van der Waals surface area contributed by atoms with Gasteiger partial charge in [-0.25, -0.2) is 9.59 Å². The summed E-state index contributed by atoms with van der Waals surface area (Å²) in [6, 6.07) is 7.10. The van der Waals surface area contributed by atoms with Crippen LogP contribution in [0, 0.1) is 0 Å². The fourth-order valence-corrected chi connectivity index (χ4v) is 1.70. The van der Waals surface area contributed by atoms with Crippen LogP contribution in [0.1, 0.15) is 15.9 Å². The van der Waals surface area contributed by atoms with E-state index in [1.165, 1.54) is 0 Å². The van der Waals surface area contributed by atoms with Crippen molar-refractivity contribution in [3.63, 3.8) is 0 Å². The number of carbonyl (C=O) groups excluding carboxylic acids is 5. The molecule has 2 aromatic heterocycles. The van der Waals surface area contributed by atoms with E-state index in [-0.39, 0.29) is 46.6 Å². The van der Waals surface area contributed by atoms with Crippen LogP contribution in [-0.2, 0) is 69.6 Å². The number of carboxylic acids is 6. The third kappa shape index (κ3) is 30.1. The smallest absolute Gasteiger partial charge is 0.542 e. The van der Waals surface area contributed by atoms with Crippen molar-refractivity contribution in [3.05, 3.63) is 47.8 Å². The molecule has 0 saturated carbocycles. The van der Waals surface area contributed by atoms with E-state index in [0.717, 1.165) is 0 Å². The molecule has 334 valence electrons. The van der Waals surface area contributed by atoms with E-state index in [4.69, 9.17) is 59.4 Å². The third-order valence-electron chi connectivity index (χ3n) is 3.74. The van der Waals surface area contributed by atoms with Gasteiger partial charge in [-0.1, -0.05) is 0 Å². The van der Waals surface area contributed by atoms with Gasteiger partial charge < -0.3 is 49.8 Å². The van der Waals surface area contributed by atoms with Crippen molar-refractivity contribution >= 4 is 41.6 Å². The van der Waals surface area contributed by atoms with Crippen molar-refractivity contribution in [3.8, 4) is 11.4 Å². The predicted molar refractivity (Wildman–Crippen MR) is 123 cm³/mol. The first-order chi connectivity index (χ1) is 24.5. The van der Waals surface area contributed by atoms with Crippen LogP contribution in [0.15, 0.2) is 36.7 Å². The van der Waals surface area contributed by atoms with Gasteiger partial charge in [-0.2, -0.15) is 79.0 Å². The molecule has 0 amide bonds. The molecule has 0 aromatic carbocycles. The monoisotopic (exact) mass is 1070 g/mol. The molecule has 2 N–H and O–H groups in total. The van der Waals surface area contributed by atoms with Gasteiger partial charge in [0, 0.05) is 12.4 Å². The Morgan fingerprint density at radius 3 is 0.707 bits per heavy atom. The average Bonchev–Trinajstić information content (AvgIpc) is 3.28. The van der Waals surface area contributed by atoms with E-state index in [1.807, 2.05) is 0 Å². The summed E-state index contributed by atoms with van der Waals surface area (Å²) in [7, 11) is 0. The maximum atomic E-state index is 11.8. The fourth-order valence-electron chi connectivity index (χ4n) is 1.70. The summed E-state index contributed by atoms with van der Waals surface area (Å²) in [5.74, 6) is -17.5. The minimum absolute atomic E-state index is 0. The molecule has 0 saturated heterocycles. The fraction of sp³-hybridized carbons (Fsp3) is 0.261. The Labute approximate surface area is 331 Å².